The summed E-state index contributed by atoms with van der Waals surface area (Å²) in [6.45, 7) is 6.34. The van der Waals surface area contributed by atoms with E-state index in [1.807, 2.05) is 20.8 Å². The van der Waals surface area contributed by atoms with Crippen molar-refractivity contribution in [1.29, 1.82) is 0 Å². The second-order valence-corrected chi connectivity index (χ2v) is 4.95. The van der Waals surface area contributed by atoms with Crippen LogP contribution in [0.15, 0.2) is 0 Å². The Bertz CT molecular complexity index is 246. The number of carbonyl (C=O) groups excluding carboxylic acids is 2. The fourth-order valence-corrected chi connectivity index (χ4v) is 1.02. The van der Waals surface area contributed by atoms with Crippen LogP contribution in [0.5, 0.6) is 0 Å². The molecule has 0 spiro atoms. The van der Waals surface area contributed by atoms with Crippen LogP contribution in [0.25, 0.3) is 0 Å². The molecule has 0 saturated heterocycles. The predicted molar refractivity (Wildman–Crippen MR) is 63.7 cm³/mol. The van der Waals surface area contributed by atoms with Crippen LogP contribution in [0.2, 0.25) is 0 Å². The molecule has 0 aliphatic carbocycles. The van der Waals surface area contributed by atoms with E-state index >= 15 is 0 Å². The smallest absolute Gasteiger partial charge is 0.221 e. The van der Waals surface area contributed by atoms with Crippen molar-refractivity contribution in [3.8, 4) is 0 Å². The lowest BCUT2D eigenvalue weighted by molar-refractivity contribution is -0.122. The summed E-state index contributed by atoms with van der Waals surface area (Å²) in [5.74, 6) is -0.188. The maximum Gasteiger partial charge on any atom is 0.221 e. The van der Waals surface area contributed by atoms with E-state index in [-0.39, 0.29) is 29.7 Å². The van der Waals surface area contributed by atoms with Crippen molar-refractivity contribution in [3.63, 3.8) is 0 Å². The summed E-state index contributed by atoms with van der Waals surface area (Å²) in [6.07, 6.45) is 0.588. The average molecular weight is 229 g/mol. The van der Waals surface area contributed by atoms with Gasteiger partial charge in [0.05, 0.1) is 0 Å². The molecule has 0 saturated carbocycles. The Morgan fingerprint density at radius 1 is 1.25 bits per heavy atom. The van der Waals surface area contributed by atoms with Crippen molar-refractivity contribution in [2.45, 2.75) is 39.7 Å². The van der Waals surface area contributed by atoms with Gasteiger partial charge in [-0.05, 0) is 5.41 Å². The zero-order valence-electron chi connectivity index (χ0n) is 10.6. The molecule has 16 heavy (non-hydrogen) atoms. The lowest BCUT2D eigenvalue weighted by Crippen LogP contribution is -2.40. The second kappa shape index (κ2) is 6.48. The number of rotatable bonds is 5. The Morgan fingerprint density at radius 2 is 1.81 bits per heavy atom. The molecule has 0 radical (unpaired) electrons. The first-order valence-electron chi connectivity index (χ1n) is 5.50. The number of carbonyl (C=O) groups is 2. The summed E-state index contributed by atoms with van der Waals surface area (Å²) < 4.78 is 0. The van der Waals surface area contributed by atoms with Crippen LogP contribution < -0.4 is 16.4 Å². The van der Waals surface area contributed by atoms with Crippen LogP contribution in [0.4, 0.5) is 0 Å². The monoisotopic (exact) mass is 229 g/mol. The molecule has 0 aliphatic rings. The van der Waals surface area contributed by atoms with Gasteiger partial charge < -0.3 is 16.4 Å². The van der Waals surface area contributed by atoms with Crippen molar-refractivity contribution in [2.75, 3.05) is 13.6 Å². The number of hydrogen-bond acceptors (Lipinski definition) is 3. The predicted octanol–water partition coefficient (Wildman–Crippen LogP) is 0.00220. The summed E-state index contributed by atoms with van der Waals surface area (Å²) in [5, 5.41) is 5.16. The van der Waals surface area contributed by atoms with Gasteiger partial charge in [-0.25, -0.2) is 0 Å². The lowest BCUT2D eigenvalue weighted by Gasteiger charge is -2.26. The number of hydrogen-bond donors (Lipinski definition) is 3. The maximum absolute atomic E-state index is 11.4. The van der Waals surface area contributed by atoms with Crippen LogP contribution in [0, 0.1) is 5.41 Å². The number of amides is 2. The summed E-state index contributed by atoms with van der Waals surface area (Å²) in [7, 11) is 1.57. The van der Waals surface area contributed by atoms with E-state index in [4.69, 9.17) is 5.73 Å². The molecule has 0 aromatic heterocycles. The molecule has 1 atom stereocenters. The van der Waals surface area contributed by atoms with E-state index < -0.39 is 0 Å². The van der Waals surface area contributed by atoms with Crippen LogP contribution in [0.3, 0.4) is 0 Å². The Balaban J connectivity index is 3.79. The second-order valence-electron chi connectivity index (χ2n) is 4.95. The first-order valence-corrected chi connectivity index (χ1v) is 5.50. The highest BCUT2D eigenvalue weighted by molar-refractivity contribution is 5.79. The largest absolute Gasteiger partial charge is 0.359 e. The van der Waals surface area contributed by atoms with Gasteiger partial charge in [0.1, 0.15) is 0 Å². The van der Waals surface area contributed by atoms with Crippen molar-refractivity contribution in [2.24, 2.45) is 11.1 Å². The van der Waals surface area contributed by atoms with Gasteiger partial charge in [0, 0.05) is 32.5 Å². The highest BCUT2D eigenvalue weighted by Gasteiger charge is 2.22. The molecule has 94 valence electrons. The topological polar surface area (TPSA) is 84.2 Å². The van der Waals surface area contributed by atoms with Gasteiger partial charge in [-0.2, -0.15) is 0 Å². The first-order chi connectivity index (χ1) is 7.27. The van der Waals surface area contributed by atoms with Crippen molar-refractivity contribution in [1.82, 2.24) is 10.6 Å². The molecule has 0 rings (SSSR count). The molecule has 5 nitrogen and oxygen atoms in total. The SMILES string of the molecule is CNC(=O)CCNC(=O)CC(N)C(C)(C)C. The van der Waals surface area contributed by atoms with Crippen LogP contribution in [0.1, 0.15) is 33.6 Å². The molecule has 0 aromatic rings. The molecule has 1 unspecified atom stereocenters. The molecule has 5 heteroatoms. The fraction of sp³-hybridized carbons (Fsp3) is 0.818. The van der Waals surface area contributed by atoms with Crippen LogP contribution >= 0.6 is 0 Å². The lowest BCUT2D eigenvalue weighted by atomic mass is 9.85. The number of nitrogens with one attached hydrogen (secondary N) is 2. The Labute approximate surface area is 97.2 Å². The first kappa shape index (κ1) is 14.9. The van der Waals surface area contributed by atoms with Gasteiger partial charge in [-0.3, -0.25) is 9.59 Å². The summed E-state index contributed by atoms with van der Waals surface area (Å²) >= 11 is 0. The maximum atomic E-state index is 11.4. The van der Waals surface area contributed by atoms with E-state index in [2.05, 4.69) is 10.6 Å². The van der Waals surface area contributed by atoms with Gasteiger partial charge in [0.15, 0.2) is 0 Å². The van der Waals surface area contributed by atoms with Crippen LogP contribution in [-0.2, 0) is 9.59 Å². The molecule has 0 aromatic carbocycles. The zero-order chi connectivity index (χ0) is 12.8. The highest BCUT2D eigenvalue weighted by Crippen LogP contribution is 2.19. The summed E-state index contributed by atoms with van der Waals surface area (Å²) in [5.41, 5.74) is 5.78. The summed E-state index contributed by atoms with van der Waals surface area (Å²) in [6, 6.07) is -0.174. The van der Waals surface area contributed by atoms with E-state index in [1.165, 1.54) is 0 Å². The highest BCUT2D eigenvalue weighted by atomic mass is 16.2. The van der Waals surface area contributed by atoms with Crippen molar-refractivity contribution >= 4 is 11.8 Å². The molecule has 0 aliphatic heterocycles. The van der Waals surface area contributed by atoms with Crippen LogP contribution in [-0.4, -0.2) is 31.4 Å². The minimum atomic E-state index is -0.174. The standard InChI is InChI=1S/C11H23N3O2/c1-11(2,3)8(12)7-10(16)14-6-5-9(15)13-4/h8H,5-7,12H2,1-4H3,(H,13,15)(H,14,16). The third-order valence-corrected chi connectivity index (χ3v) is 2.47. The van der Waals surface area contributed by atoms with Gasteiger partial charge in [-0.15, -0.1) is 0 Å². The third-order valence-electron chi connectivity index (χ3n) is 2.47. The quantitative estimate of drug-likeness (QED) is 0.620. The normalized spacial score (nSPS) is 13.1. The molecule has 0 fully saturated rings. The third kappa shape index (κ3) is 6.40. The van der Waals surface area contributed by atoms with Gasteiger partial charge in [0.25, 0.3) is 0 Å². The van der Waals surface area contributed by atoms with E-state index in [1.54, 1.807) is 7.05 Å². The molecule has 4 N–H and O–H groups in total. The molecule has 2 amide bonds. The molecular formula is C11H23N3O2. The Hall–Kier alpha value is -1.10. The summed E-state index contributed by atoms with van der Waals surface area (Å²) in [4.78, 5) is 22.3. The Morgan fingerprint density at radius 3 is 2.25 bits per heavy atom. The number of nitrogens with two attached hydrogens (primary N) is 1. The van der Waals surface area contributed by atoms with Gasteiger partial charge >= 0.3 is 0 Å². The molecule has 0 heterocycles. The van der Waals surface area contributed by atoms with E-state index in [0.29, 0.717) is 13.0 Å². The van der Waals surface area contributed by atoms with E-state index in [9.17, 15) is 9.59 Å². The Kier molecular flexibility index (Phi) is 6.03. The van der Waals surface area contributed by atoms with Gasteiger partial charge in [-0.1, -0.05) is 20.8 Å². The van der Waals surface area contributed by atoms with Crippen molar-refractivity contribution < 1.29 is 9.59 Å². The van der Waals surface area contributed by atoms with Crippen molar-refractivity contribution in [3.05, 3.63) is 0 Å². The average Bonchev–Trinajstić information content (AvgIpc) is 2.15. The molecule has 0 bridgehead atoms. The minimum absolute atomic E-state index is 0.0829. The molecular weight excluding hydrogens is 206 g/mol. The van der Waals surface area contributed by atoms with Gasteiger partial charge in [0.2, 0.25) is 11.8 Å². The zero-order valence-corrected chi connectivity index (χ0v) is 10.6. The minimum Gasteiger partial charge on any atom is -0.359 e. The van der Waals surface area contributed by atoms with E-state index in [0.717, 1.165) is 0 Å². The fourth-order valence-electron chi connectivity index (χ4n) is 1.02.